The van der Waals surface area contributed by atoms with Gasteiger partial charge in [0.1, 0.15) is 0 Å². The fourth-order valence-corrected chi connectivity index (χ4v) is 5.60. The van der Waals surface area contributed by atoms with Crippen LogP contribution in [0.3, 0.4) is 0 Å². The average Bonchev–Trinajstić information content (AvgIpc) is 3.24. The smallest absolute Gasteiger partial charge is 0.194 e. The number of nitrogens with zero attached hydrogens (tertiary/aromatic N) is 5. The molecule has 0 radical (unpaired) electrons. The zero-order valence-electron chi connectivity index (χ0n) is 19.6. The molecule has 0 bridgehead atoms. The van der Waals surface area contributed by atoms with Gasteiger partial charge in [0.05, 0.1) is 6.54 Å². The van der Waals surface area contributed by atoms with Crippen LogP contribution >= 0.6 is 0 Å². The lowest BCUT2D eigenvalue weighted by Gasteiger charge is -2.49. The van der Waals surface area contributed by atoms with E-state index in [4.69, 9.17) is 4.99 Å². The number of nitrogens with one attached hydrogen (secondary N) is 1. The van der Waals surface area contributed by atoms with E-state index in [9.17, 15) is 0 Å². The Labute approximate surface area is 179 Å². The molecule has 0 amide bonds. The summed E-state index contributed by atoms with van der Waals surface area (Å²) in [5.74, 6) is 1.15. The highest BCUT2D eigenvalue weighted by molar-refractivity contribution is 5.80. The van der Waals surface area contributed by atoms with Gasteiger partial charge in [0.15, 0.2) is 5.96 Å². The van der Waals surface area contributed by atoms with Crippen LogP contribution < -0.4 is 5.32 Å². The van der Waals surface area contributed by atoms with E-state index in [2.05, 4.69) is 52.7 Å². The minimum Gasteiger partial charge on any atom is -0.357 e. The summed E-state index contributed by atoms with van der Waals surface area (Å²) >= 11 is 0. The lowest BCUT2D eigenvalue weighted by Crippen LogP contribution is -2.58. The number of piperidine rings is 2. The normalized spacial score (nSPS) is 27.0. The zero-order chi connectivity index (χ0) is 20.7. The number of hydrogen-bond acceptors (Lipinski definition) is 4. The second-order valence-corrected chi connectivity index (χ2v) is 9.36. The molecule has 3 heterocycles. The summed E-state index contributed by atoms with van der Waals surface area (Å²) in [5, 5.41) is 3.62. The first-order valence-corrected chi connectivity index (χ1v) is 12.3. The predicted molar refractivity (Wildman–Crippen MR) is 124 cm³/mol. The number of likely N-dealkylation sites (tertiary alicyclic amines) is 3. The van der Waals surface area contributed by atoms with Crippen LogP contribution in [0.4, 0.5) is 0 Å². The average molecular weight is 407 g/mol. The molecule has 3 rings (SSSR count). The second-order valence-electron chi connectivity index (χ2n) is 9.36. The summed E-state index contributed by atoms with van der Waals surface area (Å²) < 4.78 is 0. The van der Waals surface area contributed by atoms with Crippen LogP contribution in [-0.4, -0.2) is 110 Å². The molecule has 0 aromatic heterocycles. The largest absolute Gasteiger partial charge is 0.357 e. The fraction of sp³-hybridized carbons (Fsp3) is 0.957. The van der Waals surface area contributed by atoms with Gasteiger partial charge in [-0.25, -0.2) is 0 Å². The Balaban J connectivity index is 1.71. The standard InChI is InChI=1S/C23H46N6/c1-5-24-22(28-16-11-21(19-28)27(6-2)7-3)25-20-23(12-17-26(4)18-13-23)29-14-9-8-10-15-29/h21H,5-20H2,1-4H3,(H,24,25). The van der Waals surface area contributed by atoms with Gasteiger partial charge in [-0.2, -0.15) is 0 Å². The highest BCUT2D eigenvalue weighted by Crippen LogP contribution is 2.32. The van der Waals surface area contributed by atoms with Gasteiger partial charge in [0.25, 0.3) is 0 Å². The summed E-state index contributed by atoms with van der Waals surface area (Å²) in [6, 6.07) is 0.674. The van der Waals surface area contributed by atoms with Crippen molar-refractivity contribution in [2.75, 3.05) is 72.5 Å². The Bertz CT molecular complexity index is 503. The molecule has 0 aromatic rings. The molecule has 3 fully saturated rings. The molecule has 0 saturated carbocycles. The highest BCUT2D eigenvalue weighted by Gasteiger charge is 2.40. The molecule has 3 aliphatic heterocycles. The Hall–Kier alpha value is -0.850. The number of guanidine groups is 1. The fourth-order valence-electron chi connectivity index (χ4n) is 5.60. The molecule has 0 aromatic carbocycles. The van der Waals surface area contributed by atoms with Crippen LogP contribution in [0, 0.1) is 0 Å². The van der Waals surface area contributed by atoms with Crippen molar-refractivity contribution in [2.24, 2.45) is 4.99 Å². The van der Waals surface area contributed by atoms with Crippen molar-refractivity contribution < 1.29 is 0 Å². The van der Waals surface area contributed by atoms with E-state index in [1.165, 1.54) is 64.7 Å². The molecular formula is C23H46N6. The molecule has 168 valence electrons. The molecular weight excluding hydrogens is 360 g/mol. The third-order valence-electron chi connectivity index (χ3n) is 7.59. The van der Waals surface area contributed by atoms with Crippen LogP contribution in [0.1, 0.15) is 59.3 Å². The van der Waals surface area contributed by atoms with Gasteiger partial charge >= 0.3 is 0 Å². The Morgan fingerprint density at radius 2 is 1.69 bits per heavy atom. The highest BCUT2D eigenvalue weighted by atomic mass is 15.3. The lowest BCUT2D eigenvalue weighted by molar-refractivity contribution is 0.0206. The van der Waals surface area contributed by atoms with Crippen molar-refractivity contribution in [3.05, 3.63) is 0 Å². The van der Waals surface area contributed by atoms with Gasteiger partial charge < -0.3 is 15.1 Å². The van der Waals surface area contributed by atoms with Crippen molar-refractivity contribution in [3.63, 3.8) is 0 Å². The van der Waals surface area contributed by atoms with Crippen molar-refractivity contribution in [1.29, 1.82) is 0 Å². The van der Waals surface area contributed by atoms with Gasteiger partial charge in [-0.15, -0.1) is 0 Å². The first kappa shape index (κ1) is 22.8. The van der Waals surface area contributed by atoms with Crippen LogP contribution in [-0.2, 0) is 0 Å². The molecule has 0 spiro atoms. The van der Waals surface area contributed by atoms with Gasteiger partial charge in [0, 0.05) is 31.2 Å². The second kappa shape index (κ2) is 11.0. The van der Waals surface area contributed by atoms with Gasteiger partial charge in [-0.3, -0.25) is 14.8 Å². The molecule has 1 N–H and O–H groups in total. The quantitative estimate of drug-likeness (QED) is 0.519. The molecule has 3 aliphatic rings. The van der Waals surface area contributed by atoms with E-state index >= 15 is 0 Å². The van der Waals surface area contributed by atoms with Crippen molar-refractivity contribution >= 4 is 5.96 Å². The SMILES string of the molecule is CCNC(=NCC1(N2CCCCC2)CCN(C)CC1)N1CCC(N(CC)CC)C1. The monoisotopic (exact) mass is 406 g/mol. The minimum atomic E-state index is 0.269. The predicted octanol–water partition coefficient (Wildman–Crippen LogP) is 2.32. The summed E-state index contributed by atoms with van der Waals surface area (Å²) in [6.45, 7) is 18.2. The van der Waals surface area contributed by atoms with Crippen molar-refractivity contribution in [1.82, 2.24) is 24.9 Å². The molecule has 1 atom stereocenters. The Morgan fingerprint density at radius 1 is 1.00 bits per heavy atom. The first-order chi connectivity index (χ1) is 14.1. The van der Waals surface area contributed by atoms with Crippen LogP contribution in [0.2, 0.25) is 0 Å². The van der Waals surface area contributed by atoms with Crippen LogP contribution in [0.5, 0.6) is 0 Å². The maximum absolute atomic E-state index is 5.29. The van der Waals surface area contributed by atoms with Crippen LogP contribution in [0.25, 0.3) is 0 Å². The summed E-state index contributed by atoms with van der Waals surface area (Å²) in [5.41, 5.74) is 0.269. The number of aliphatic imine (C=N–C) groups is 1. The third-order valence-corrected chi connectivity index (χ3v) is 7.59. The number of likely N-dealkylation sites (N-methyl/N-ethyl adjacent to an activating group) is 1. The van der Waals surface area contributed by atoms with Crippen LogP contribution in [0.15, 0.2) is 4.99 Å². The van der Waals surface area contributed by atoms with Crippen molar-refractivity contribution in [2.45, 2.75) is 70.9 Å². The van der Waals surface area contributed by atoms with E-state index < -0.39 is 0 Å². The molecule has 6 heteroatoms. The first-order valence-electron chi connectivity index (χ1n) is 12.3. The van der Waals surface area contributed by atoms with Gasteiger partial charge in [-0.1, -0.05) is 20.3 Å². The van der Waals surface area contributed by atoms with Crippen molar-refractivity contribution in [3.8, 4) is 0 Å². The molecule has 0 aliphatic carbocycles. The zero-order valence-corrected chi connectivity index (χ0v) is 19.6. The minimum absolute atomic E-state index is 0.269. The molecule has 6 nitrogen and oxygen atoms in total. The van der Waals surface area contributed by atoms with E-state index in [0.29, 0.717) is 6.04 Å². The Kier molecular flexibility index (Phi) is 8.63. The maximum atomic E-state index is 5.29. The summed E-state index contributed by atoms with van der Waals surface area (Å²) in [4.78, 5) is 15.7. The van der Waals surface area contributed by atoms with Gasteiger partial charge in [-0.05, 0) is 85.3 Å². The lowest BCUT2D eigenvalue weighted by atomic mass is 9.84. The van der Waals surface area contributed by atoms with E-state index in [0.717, 1.165) is 45.2 Å². The van der Waals surface area contributed by atoms with E-state index in [-0.39, 0.29) is 5.54 Å². The van der Waals surface area contributed by atoms with E-state index in [1.54, 1.807) is 0 Å². The maximum Gasteiger partial charge on any atom is 0.194 e. The molecule has 29 heavy (non-hydrogen) atoms. The van der Waals surface area contributed by atoms with E-state index in [1.807, 2.05) is 0 Å². The number of hydrogen-bond donors (Lipinski definition) is 1. The topological polar surface area (TPSA) is 37.4 Å². The third kappa shape index (κ3) is 5.65. The van der Waals surface area contributed by atoms with Gasteiger partial charge in [0.2, 0.25) is 0 Å². The Morgan fingerprint density at radius 3 is 2.31 bits per heavy atom. The molecule has 3 saturated heterocycles. The number of rotatable bonds is 7. The summed E-state index contributed by atoms with van der Waals surface area (Å²) in [7, 11) is 2.27. The molecule has 1 unspecified atom stereocenters. The summed E-state index contributed by atoms with van der Waals surface area (Å²) in [6.07, 6.45) is 7.90.